The molecule has 1 N–H and O–H groups in total. The van der Waals surface area contributed by atoms with Gasteiger partial charge in [0.1, 0.15) is 11.6 Å². The van der Waals surface area contributed by atoms with Crippen LogP contribution in [0.15, 0.2) is 47.4 Å². The smallest absolute Gasteiger partial charge is 0.123 e. The predicted molar refractivity (Wildman–Crippen MR) is 77.7 cm³/mol. The fourth-order valence-electron chi connectivity index (χ4n) is 2.47. The van der Waals surface area contributed by atoms with Crippen molar-refractivity contribution >= 4 is 11.8 Å². The molecule has 0 saturated carbocycles. The average molecular weight is 291 g/mol. The Kier molecular flexibility index (Phi) is 4.03. The van der Waals surface area contributed by atoms with E-state index in [-0.39, 0.29) is 17.7 Å². The Morgan fingerprint density at radius 2 is 1.95 bits per heavy atom. The first-order valence-corrected chi connectivity index (χ1v) is 7.61. The van der Waals surface area contributed by atoms with Crippen LogP contribution < -0.4 is 5.32 Å². The molecule has 1 nitrogen and oxygen atoms in total. The van der Waals surface area contributed by atoms with E-state index in [4.69, 9.17) is 0 Å². The molecule has 1 unspecified atom stereocenters. The van der Waals surface area contributed by atoms with Crippen LogP contribution in [-0.2, 0) is 6.54 Å². The van der Waals surface area contributed by atoms with Crippen molar-refractivity contribution in [1.29, 1.82) is 0 Å². The average Bonchev–Trinajstić information content (AvgIpc) is 2.45. The highest BCUT2D eigenvalue weighted by atomic mass is 32.2. The van der Waals surface area contributed by atoms with Crippen molar-refractivity contribution in [3.63, 3.8) is 0 Å². The summed E-state index contributed by atoms with van der Waals surface area (Å²) in [6.07, 6.45) is 0.955. The van der Waals surface area contributed by atoms with Gasteiger partial charge in [-0.3, -0.25) is 0 Å². The Morgan fingerprint density at radius 3 is 2.80 bits per heavy atom. The molecule has 0 aliphatic carbocycles. The third-order valence-corrected chi connectivity index (χ3v) is 4.58. The van der Waals surface area contributed by atoms with Crippen LogP contribution in [0.25, 0.3) is 0 Å². The number of hydrogen-bond donors (Lipinski definition) is 1. The summed E-state index contributed by atoms with van der Waals surface area (Å²) in [5.74, 6) is 0.582. The first-order valence-electron chi connectivity index (χ1n) is 6.62. The first-order chi connectivity index (χ1) is 9.72. The van der Waals surface area contributed by atoms with Crippen LogP contribution in [-0.4, -0.2) is 5.75 Å². The molecular weight excluding hydrogens is 276 g/mol. The van der Waals surface area contributed by atoms with Gasteiger partial charge in [0.25, 0.3) is 0 Å². The number of benzene rings is 2. The van der Waals surface area contributed by atoms with Crippen LogP contribution in [0.2, 0.25) is 0 Å². The molecule has 1 aliphatic rings. The zero-order valence-electron chi connectivity index (χ0n) is 10.9. The quantitative estimate of drug-likeness (QED) is 0.905. The van der Waals surface area contributed by atoms with E-state index in [1.807, 2.05) is 12.1 Å². The number of halogens is 2. The highest BCUT2D eigenvalue weighted by Crippen LogP contribution is 2.36. The second-order valence-corrected chi connectivity index (χ2v) is 6.02. The molecule has 2 aromatic carbocycles. The Labute approximate surface area is 121 Å². The van der Waals surface area contributed by atoms with Gasteiger partial charge in [0.05, 0.1) is 0 Å². The van der Waals surface area contributed by atoms with E-state index in [9.17, 15) is 8.78 Å². The van der Waals surface area contributed by atoms with Gasteiger partial charge in [0.15, 0.2) is 0 Å². The Hall–Kier alpha value is -1.39. The van der Waals surface area contributed by atoms with Gasteiger partial charge in [-0.15, -0.1) is 11.8 Å². The highest BCUT2D eigenvalue weighted by Gasteiger charge is 2.20. The molecule has 2 aromatic rings. The van der Waals surface area contributed by atoms with Crippen molar-refractivity contribution < 1.29 is 8.78 Å². The number of fused-ring (bicyclic) bond motifs is 1. The Balaban J connectivity index is 1.75. The van der Waals surface area contributed by atoms with E-state index >= 15 is 0 Å². The Morgan fingerprint density at radius 1 is 1.10 bits per heavy atom. The summed E-state index contributed by atoms with van der Waals surface area (Å²) in [4.78, 5) is 1.13. The fourth-order valence-corrected chi connectivity index (χ4v) is 3.57. The van der Waals surface area contributed by atoms with Gasteiger partial charge >= 0.3 is 0 Å². The van der Waals surface area contributed by atoms with Gasteiger partial charge < -0.3 is 5.32 Å². The zero-order valence-corrected chi connectivity index (χ0v) is 11.7. The largest absolute Gasteiger partial charge is 0.306 e. The molecule has 1 heterocycles. The first kappa shape index (κ1) is 13.6. The molecule has 0 fully saturated rings. The lowest BCUT2D eigenvalue weighted by molar-refractivity contribution is 0.503. The summed E-state index contributed by atoms with van der Waals surface area (Å²) in [6, 6.07) is 11.6. The summed E-state index contributed by atoms with van der Waals surface area (Å²) in [5.41, 5.74) is 1.92. The molecular formula is C16H15F2NS. The van der Waals surface area contributed by atoms with Gasteiger partial charge in [-0.25, -0.2) is 8.78 Å². The highest BCUT2D eigenvalue weighted by molar-refractivity contribution is 7.99. The summed E-state index contributed by atoms with van der Waals surface area (Å²) in [6.45, 7) is 0.586. The van der Waals surface area contributed by atoms with E-state index in [2.05, 4.69) is 5.32 Å². The van der Waals surface area contributed by atoms with Gasteiger partial charge in [-0.1, -0.05) is 12.1 Å². The van der Waals surface area contributed by atoms with Crippen LogP contribution in [0.4, 0.5) is 8.78 Å². The van der Waals surface area contributed by atoms with Crippen LogP contribution in [0.5, 0.6) is 0 Å². The standard InChI is InChI=1S/C16H15F2NS/c17-12-3-1-2-11(8-12)10-19-15-6-7-20-16-5-4-13(18)9-14(15)16/h1-5,8-9,15,19H,6-7,10H2. The molecule has 0 saturated heterocycles. The maximum atomic E-state index is 13.4. The SMILES string of the molecule is Fc1cccc(CNC2CCSc3ccc(F)cc32)c1. The van der Waals surface area contributed by atoms with Gasteiger partial charge in [-0.2, -0.15) is 0 Å². The van der Waals surface area contributed by atoms with Gasteiger partial charge in [0, 0.05) is 17.5 Å². The van der Waals surface area contributed by atoms with Crippen LogP contribution in [0.3, 0.4) is 0 Å². The summed E-state index contributed by atoms with van der Waals surface area (Å²) in [7, 11) is 0. The molecule has 0 amide bonds. The van der Waals surface area contributed by atoms with Crippen LogP contribution >= 0.6 is 11.8 Å². The lowest BCUT2D eigenvalue weighted by atomic mass is 10.0. The maximum Gasteiger partial charge on any atom is 0.123 e. The molecule has 1 aliphatic heterocycles. The molecule has 1 atom stereocenters. The summed E-state index contributed by atoms with van der Waals surface area (Å²) in [5, 5.41) is 3.40. The molecule has 0 radical (unpaired) electrons. The molecule has 0 bridgehead atoms. The lowest BCUT2D eigenvalue weighted by Gasteiger charge is -2.26. The summed E-state index contributed by atoms with van der Waals surface area (Å²) < 4.78 is 26.5. The minimum absolute atomic E-state index is 0.130. The molecule has 3 rings (SSSR count). The van der Waals surface area contributed by atoms with Crippen LogP contribution in [0.1, 0.15) is 23.6 Å². The van der Waals surface area contributed by atoms with Crippen molar-refractivity contribution in [3.05, 3.63) is 65.2 Å². The summed E-state index contributed by atoms with van der Waals surface area (Å²) >= 11 is 1.76. The van der Waals surface area contributed by atoms with Gasteiger partial charge in [-0.05, 0) is 53.6 Å². The fraction of sp³-hybridized carbons (Fsp3) is 0.250. The monoisotopic (exact) mass is 291 g/mol. The minimum Gasteiger partial charge on any atom is -0.306 e. The maximum absolute atomic E-state index is 13.4. The molecule has 20 heavy (non-hydrogen) atoms. The topological polar surface area (TPSA) is 12.0 Å². The Bertz CT molecular complexity index is 615. The number of hydrogen-bond acceptors (Lipinski definition) is 2. The number of rotatable bonds is 3. The van der Waals surface area contributed by atoms with E-state index in [1.165, 1.54) is 18.2 Å². The molecule has 0 spiro atoms. The predicted octanol–water partition coefficient (Wildman–Crippen LogP) is 4.29. The number of thioether (sulfide) groups is 1. The van der Waals surface area contributed by atoms with E-state index in [0.717, 1.165) is 28.2 Å². The molecule has 104 valence electrons. The van der Waals surface area contributed by atoms with Crippen molar-refractivity contribution in [3.8, 4) is 0 Å². The van der Waals surface area contributed by atoms with Crippen molar-refractivity contribution in [2.24, 2.45) is 0 Å². The third-order valence-electron chi connectivity index (χ3n) is 3.45. The molecule has 0 aromatic heterocycles. The van der Waals surface area contributed by atoms with Crippen molar-refractivity contribution in [1.82, 2.24) is 5.32 Å². The minimum atomic E-state index is -0.227. The third kappa shape index (κ3) is 3.02. The number of nitrogens with one attached hydrogen (secondary N) is 1. The van der Waals surface area contributed by atoms with Crippen molar-refractivity contribution in [2.45, 2.75) is 23.9 Å². The van der Waals surface area contributed by atoms with Crippen molar-refractivity contribution in [2.75, 3.05) is 5.75 Å². The van der Waals surface area contributed by atoms with Crippen LogP contribution in [0, 0.1) is 11.6 Å². The normalized spacial score (nSPS) is 17.8. The van der Waals surface area contributed by atoms with E-state index < -0.39 is 0 Å². The lowest BCUT2D eigenvalue weighted by Crippen LogP contribution is -2.24. The zero-order chi connectivity index (χ0) is 13.9. The second-order valence-electron chi connectivity index (χ2n) is 4.88. The van der Waals surface area contributed by atoms with E-state index in [1.54, 1.807) is 23.9 Å². The second kappa shape index (κ2) is 5.94. The molecule has 4 heteroatoms. The van der Waals surface area contributed by atoms with Gasteiger partial charge in [0.2, 0.25) is 0 Å². The van der Waals surface area contributed by atoms with E-state index in [0.29, 0.717) is 6.54 Å².